The van der Waals surface area contributed by atoms with Crippen molar-refractivity contribution >= 4 is 11.6 Å². The van der Waals surface area contributed by atoms with Gasteiger partial charge in [-0.2, -0.15) is 0 Å². The van der Waals surface area contributed by atoms with Gasteiger partial charge in [-0.1, -0.05) is 24.3 Å². The average molecular weight is 298 g/mol. The minimum atomic E-state index is -0.344. The minimum absolute atomic E-state index is 0.0368. The van der Waals surface area contributed by atoms with Crippen molar-refractivity contribution < 1.29 is 24.2 Å². The molecule has 0 heterocycles. The van der Waals surface area contributed by atoms with Crippen LogP contribution in [0.25, 0.3) is 0 Å². The predicted molar refractivity (Wildman–Crippen MR) is 79.3 cm³/mol. The summed E-state index contributed by atoms with van der Waals surface area (Å²) >= 11 is 0. The van der Waals surface area contributed by atoms with E-state index in [1.807, 2.05) is 0 Å². The maximum atomic E-state index is 12.8. The van der Waals surface area contributed by atoms with Crippen molar-refractivity contribution in [3.05, 3.63) is 52.1 Å². The van der Waals surface area contributed by atoms with Crippen LogP contribution in [-0.2, 0) is 0 Å². The van der Waals surface area contributed by atoms with Gasteiger partial charge < -0.3 is 14.6 Å². The number of carbonyl (C=O) groups excluding carboxylic acids is 2. The Bertz CT molecular complexity index is 820. The molecule has 22 heavy (non-hydrogen) atoms. The average Bonchev–Trinajstić information content (AvgIpc) is 2.52. The highest BCUT2D eigenvalue weighted by Gasteiger charge is 2.37. The summed E-state index contributed by atoms with van der Waals surface area (Å²) in [5.41, 5.74) is 1.38. The topological polar surface area (TPSA) is 72.8 Å². The van der Waals surface area contributed by atoms with Crippen LogP contribution in [0.15, 0.2) is 24.3 Å². The zero-order valence-corrected chi connectivity index (χ0v) is 12.4. The van der Waals surface area contributed by atoms with Crippen LogP contribution >= 0.6 is 0 Å². The minimum Gasteiger partial charge on any atom is -0.502 e. The zero-order valence-electron chi connectivity index (χ0n) is 12.4. The first-order chi connectivity index (χ1) is 10.5. The SMILES string of the molecule is COc1c(C)c2c(c(OC)c1O)C(=O)c1ccccc1C2=O. The number of aromatic hydroxyl groups is 1. The predicted octanol–water partition coefficient (Wildman–Crippen LogP) is 2.49. The molecule has 0 atom stereocenters. The summed E-state index contributed by atoms with van der Waals surface area (Å²) in [6, 6.07) is 6.61. The van der Waals surface area contributed by atoms with Gasteiger partial charge in [-0.3, -0.25) is 9.59 Å². The molecule has 1 aliphatic rings. The highest BCUT2D eigenvalue weighted by atomic mass is 16.5. The van der Waals surface area contributed by atoms with Crippen molar-refractivity contribution in [1.29, 1.82) is 0 Å². The number of phenols is 1. The summed E-state index contributed by atoms with van der Waals surface area (Å²) in [7, 11) is 2.72. The van der Waals surface area contributed by atoms with E-state index in [4.69, 9.17) is 9.47 Å². The molecule has 0 fully saturated rings. The lowest BCUT2D eigenvalue weighted by Gasteiger charge is -2.23. The van der Waals surface area contributed by atoms with Gasteiger partial charge in [-0.25, -0.2) is 0 Å². The summed E-state index contributed by atoms with van der Waals surface area (Å²) in [5, 5.41) is 10.3. The number of fused-ring (bicyclic) bond motifs is 2. The van der Waals surface area contributed by atoms with Crippen molar-refractivity contribution in [2.75, 3.05) is 14.2 Å². The molecule has 5 nitrogen and oxygen atoms in total. The van der Waals surface area contributed by atoms with Gasteiger partial charge in [0.2, 0.25) is 5.75 Å². The Morgan fingerprint density at radius 2 is 1.36 bits per heavy atom. The number of hydrogen-bond donors (Lipinski definition) is 1. The second-order valence-electron chi connectivity index (χ2n) is 4.99. The Labute approximate surface area is 127 Å². The quantitative estimate of drug-likeness (QED) is 0.787. The molecule has 0 spiro atoms. The zero-order chi connectivity index (χ0) is 16.0. The number of carbonyl (C=O) groups is 2. The molecule has 0 aliphatic heterocycles. The lowest BCUT2D eigenvalue weighted by molar-refractivity contribution is 0.0975. The van der Waals surface area contributed by atoms with E-state index in [0.717, 1.165) is 0 Å². The number of hydrogen-bond acceptors (Lipinski definition) is 5. The van der Waals surface area contributed by atoms with E-state index in [-0.39, 0.29) is 39.9 Å². The maximum Gasteiger partial charge on any atom is 0.201 e. The van der Waals surface area contributed by atoms with Gasteiger partial charge in [0, 0.05) is 22.3 Å². The molecule has 0 saturated heterocycles. The monoisotopic (exact) mass is 298 g/mol. The molecule has 2 aromatic rings. The first kappa shape index (κ1) is 14.1. The third kappa shape index (κ3) is 1.65. The Kier molecular flexibility index (Phi) is 3.13. The highest BCUT2D eigenvalue weighted by molar-refractivity contribution is 6.30. The normalized spacial score (nSPS) is 12.7. The van der Waals surface area contributed by atoms with Crippen LogP contribution in [0.5, 0.6) is 17.2 Å². The van der Waals surface area contributed by atoms with Gasteiger partial charge in [0.1, 0.15) is 0 Å². The number of ketones is 2. The van der Waals surface area contributed by atoms with Gasteiger partial charge in [0.25, 0.3) is 0 Å². The number of rotatable bonds is 2. The maximum absolute atomic E-state index is 12.8. The summed E-state index contributed by atoms with van der Waals surface area (Å²) in [5.74, 6) is -0.800. The van der Waals surface area contributed by atoms with Crippen LogP contribution in [0.3, 0.4) is 0 Å². The molecule has 5 heteroatoms. The van der Waals surface area contributed by atoms with Crippen LogP contribution < -0.4 is 9.47 Å². The van der Waals surface area contributed by atoms with Crippen molar-refractivity contribution in [2.24, 2.45) is 0 Å². The number of phenolic OH excluding ortho intramolecular Hbond substituents is 1. The van der Waals surface area contributed by atoms with E-state index in [2.05, 4.69) is 0 Å². The molecule has 0 aromatic heterocycles. The van der Waals surface area contributed by atoms with Gasteiger partial charge in [-0.05, 0) is 6.92 Å². The fourth-order valence-electron chi connectivity index (χ4n) is 2.91. The van der Waals surface area contributed by atoms with E-state index in [1.54, 1.807) is 31.2 Å². The largest absolute Gasteiger partial charge is 0.502 e. The molecule has 2 aromatic carbocycles. The molecule has 0 bridgehead atoms. The van der Waals surface area contributed by atoms with Crippen LogP contribution in [0, 0.1) is 6.92 Å². The number of ether oxygens (including phenoxy) is 2. The number of benzene rings is 2. The lowest BCUT2D eigenvalue weighted by atomic mass is 9.81. The van der Waals surface area contributed by atoms with E-state index in [1.165, 1.54) is 14.2 Å². The fourth-order valence-corrected chi connectivity index (χ4v) is 2.91. The second-order valence-corrected chi connectivity index (χ2v) is 4.99. The van der Waals surface area contributed by atoms with Crippen LogP contribution in [0.4, 0.5) is 0 Å². The van der Waals surface area contributed by atoms with Gasteiger partial charge in [0.15, 0.2) is 23.1 Å². The Morgan fingerprint density at radius 1 is 0.864 bits per heavy atom. The second kappa shape index (κ2) is 4.87. The molecule has 1 N–H and O–H groups in total. The van der Waals surface area contributed by atoms with Gasteiger partial charge in [0.05, 0.1) is 19.8 Å². The van der Waals surface area contributed by atoms with Crippen molar-refractivity contribution in [1.82, 2.24) is 0 Å². The molecule has 3 rings (SSSR count). The molecule has 0 unspecified atom stereocenters. The molecule has 112 valence electrons. The summed E-state index contributed by atoms with van der Waals surface area (Å²) in [6.07, 6.45) is 0. The van der Waals surface area contributed by atoms with Crippen molar-refractivity contribution in [3.63, 3.8) is 0 Å². The first-order valence-electron chi connectivity index (χ1n) is 6.68. The summed E-state index contributed by atoms with van der Waals surface area (Å²) in [6.45, 7) is 1.63. The molecular formula is C17H14O5. The molecule has 1 aliphatic carbocycles. The molecule has 0 amide bonds. The fraction of sp³-hybridized carbons (Fsp3) is 0.176. The summed E-state index contributed by atoms with van der Waals surface area (Å²) in [4.78, 5) is 25.5. The first-order valence-corrected chi connectivity index (χ1v) is 6.68. The molecule has 0 saturated carbocycles. The molecular weight excluding hydrogens is 284 g/mol. The van der Waals surface area contributed by atoms with Crippen molar-refractivity contribution in [3.8, 4) is 17.2 Å². The smallest absolute Gasteiger partial charge is 0.201 e. The highest BCUT2D eigenvalue weighted by Crippen LogP contribution is 2.47. The van der Waals surface area contributed by atoms with Crippen molar-refractivity contribution in [2.45, 2.75) is 6.92 Å². The third-order valence-electron chi connectivity index (χ3n) is 3.90. The molecule has 0 radical (unpaired) electrons. The van der Waals surface area contributed by atoms with E-state index in [9.17, 15) is 14.7 Å². The number of methoxy groups -OCH3 is 2. The third-order valence-corrected chi connectivity index (χ3v) is 3.90. The van der Waals surface area contributed by atoms with Crippen LogP contribution in [0.1, 0.15) is 37.4 Å². The van der Waals surface area contributed by atoms with Gasteiger partial charge >= 0.3 is 0 Å². The van der Waals surface area contributed by atoms with E-state index in [0.29, 0.717) is 16.7 Å². The Morgan fingerprint density at radius 3 is 1.86 bits per heavy atom. The van der Waals surface area contributed by atoms with Gasteiger partial charge in [-0.15, -0.1) is 0 Å². The van der Waals surface area contributed by atoms with Crippen LogP contribution in [-0.4, -0.2) is 30.9 Å². The Balaban J connectivity index is 2.45. The van der Waals surface area contributed by atoms with E-state index >= 15 is 0 Å². The summed E-state index contributed by atoms with van der Waals surface area (Å²) < 4.78 is 10.3. The Hall–Kier alpha value is -2.82. The lowest BCUT2D eigenvalue weighted by Crippen LogP contribution is -2.23. The standard InChI is InChI=1S/C17H14O5/c1-8-11-12(17(22-3)15(20)16(8)21-2)14(19)10-7-5-4-6-9(10)13(11)18/h4-7,20H,1-3H3. The van der Waals surface area contributed by atoms with Crippen LogP contribution in [0.2, 0.25) is 0 Å². The van der Waals surface area contributed by atoms with E-state index < -0.39 is 0 Å².